The van der Waals surface area contributed by atoms with Gasteiger partial charge >= 0.3 is 0 Å². The molecular weight excluding hydrogens is 336 g/mol. The van der Waals surface area contributed by atoms with Crippen molar-refractivity contribution in [3.8, 4) is 0 Å². The van der Waals surface area contributed by atoms with Crippen LogP contribution < -0.4 is 5.73 Å². The molecule has 0 saturated carbocycles. The van der Waals surface area contributed by atoms with Gasteiger partial charge in [0.05, 0.1) is 6.04 Å². The van der Waals surface area contributed by atoms with E-state index in [1.54, 1.807) is 11.3 Å². The Morgan fingerprint density at radius 2 is 2.28 bits per heavy atom. The van der Waals surface area contributed by atoms with E-state index in [4.69, 9.17) is 22.1 Å². The molecule has 0 spiro atoms. The molecule has 1 unspecified atom stereocenters. The lowest BCUT2D eigenvalue weighted by Crippen LogP contribution is -2.41. The Labute approximate surface area is 125 Å². The van der Waals surface area contributed by atoms with Crippen molar-refractivity contribution in [3.63, 3.8) is 0 Å². The highest BCUT2D eigenvalue weighted by Crippen LogP contribution is 2.37. The highest BCUT2D eigenvalue weighted by Gasteiger charge is 2.26. The molecule has 1 atom stereocenters. The fourth-order valence-electron chi connectivity index (χ4n) is 2.36. The summed E-state index contributed by atoms with van der Waals surface area (Å²) in [5.74, 6) is 0. The zero-order chi connectivity index (χ0) is 13.1. The molecule has 0 bridgehead atoms. The van der Waals surface area contributed by atoms with Crippen molar-refractivity contribution in [1.82, 2.24) is 4.90 Å². The van der Waals surface area contributed by atoms with E-state index in [0.717, 1.165) is 34.9 Å². The summed E-state index contributed by atoms with van der Waals surface area (Å²) in [6.45, 7) is 2.31. The zero-order valence-corrected chi connectivity index (χ0v) is 13.5. The minimum absolute atomic E-state index is 0.238. The average molecular weight is 354 g/mol. The third-order valence-corrected chi connectivity index (χ3v) is 6.05. The Morgan fingerprint density at radius 1 is 1.61 bits per heavy atom. The van der Waals surface area contributed by atoms with Gasteiger partial charge in [-0.2, -0.15) is 0 Å². The van der Waals surface area contributed by atoms with Crippen molar-refractivity contribution in [3.05, 3.63) is 19.8 Å². The van der Waals surface area contributed by atoms with Crippen LogP contribution in [0.2, 0.25) is 4.34 Å². The Morgan fingerprint density at radius 3 is 2.78 bits per heavy atom. The molecule has 0 aliphatic carbocycles. The minimum atomic E-state index is 0.238. The quantitative estimate of drug-likeness (QED) is 0.903. The van der Waals surface area contributed by atoms with Gasteiger partial charge in [-0.25, -0.2) is 0 Å². The van der Waals surface area contributed by atoms with Crippen LogP contribution in [-0.2, 0) is 4.74 Å². The summed E-state index contributed by atoms with van der Waals surface area (Å²) in [5.41, 5.74) is 5.95. The van der Waals surface area contributed by atoms with Crippen LogP contribution in [0.25, 0.3) is 0 Å². The fourth-order valence-corrected chi connectivity index (χ4v) is 4.26. The predicted molar refractivity (Wildman–Crippen MR) is 80.4 cm³/mol. The van der Waals surface area contributed by atoms with Gasteiger partial charge in [0.2, 0.25) is 0 Å². The molecule has 2 rings (SSSR count). The number of hydrogen-bond acceptors (Lipinski definition) is 4. The number of rotatable bonds is 4. The lowest BCUT2D eigenvalue weighted by atomic mass is 10.0. The first-order valence-corrected chi connectivity index (χ1v) is 8.06. The van der Waals surface area contributed by atoms with Gasteiger partial charge in [-0.1, -0.05) is 11.6 Å². The van der Waals surface area contributed by atoms with Gasteiger partial charge in [0, 0.05) is 35.2 Å². The summed E-state index contributed by atoms with van der Waals surface area (Å²) >= 11 is 11.2. The van der Waals surface area contributed by atoms with Crippen LogP contribution in [0.5, 0.6) is 0 Å². The van der Waals surface area contributed by atoms with Gasteiger partial charge in [0.25, 0.3) is 0 Å². The van der Waals surface area contributed by atoms with Crippen LogP contribution >= 0.6 is 38.9 Å². The second-order valence-electron chi connectivity index (χ2n) is 4.53. The second-order valence-corrected chi connectivity index (χ2v) is 7.07. The number of ether oxygens (including phenoxy) is 1. The van der Waals surface area contributed by atoms with Crippen molar-refractivity contribution in [1.29, 1.82) is 0 Å². The van der Waals surface area contributed by atoms with Crippen LogP contribution in [0, 0.1) is 0 Å². The highest BCUT2D eigenvalue weighted by atomic mass is 79.9. The monoisotopic (exact) mass is 352 g/mol. The first kappa shape index (κ1) is 14.8. The van der Waals surface area contributed by atoms with Gasteiger partial charge in [-0.15, -0.1) is 11.3 Å². The first-order chi connectivity index (χ1) is 8.63. The summed E-state index contributed by atoms with van der Waals surface area (Å²) < 4.78 is 7.16. The van der Waals surface area contributed by atoms with E-state index < -0.39 is 0 Å². The maximum absolute atomic E-state index is 6.11. The van der Waals surface area contributed by atoms with Crippen molar-refractivity contribution >= 4 is 38.9 Å². The largest absolute Gasteiger partial charge is 0.381 e. The van der Waals surface area contributed by atoms with Crippen molar-refractivity contribution < 1.29 is 4.74 Å². The molecule has 1 aliphatic heterocycles. The highest BCUT2D eigenvalue weighted by molar-refractivity contribution is 9.10. The summed E-state index contributed by atoms with van der Waals surface area (Å²) in [6.07, 6.45) is 2.15. The van der Waals surface area contributed by atoms with Gasteiger partial charge in [0.1, 0.15) is 4.34 Å². The summed E-state index contributed by atoms with van der Waals surface area (Å²) in [7, 11) is 2.15. The molecule has 0 radical (unpaired) electrons. The first-order valence-electron chi connectivity index (χ1n) is 6.08. The van der Waals surface area contributed by atoms with Crippen molar-refractivity contribution in [2.45, 2.75) is 24.9 Å². The fraction of sp³-hybridized carbons (Fsp3) is 0.667. The normalized spacial score (nSPS) is 19.4. The SMILES string of the molecule is CN(C1CCOCC1)C(CN)c1cc(Br)c(Cl)s1. The summed E-state index contributed by atoms with van der Waals surface area (Å²) in [4.78, 5) is 3.60. The number of halogens is 2. The lowest BCUT2D eigenvalue weighted by Gasteiger charge is -2.36. The number of nitrogens with two attached hydrogens (primary N) is 1. The zero-order valence-electron chi connectivity index (χ0n) is 10.4. The van der Waals surface area contributed by atoms with E-state index in [1.165, 1.54) is 4.88 Å². The maximum Gasteiger partial charge on any atom is 0.107 e. The number of thiophene rings is 1. The van der Waals surface area contributed by atoms with E-state index in [2.05, 4.69) is 33.9 Å². The molecule has 0 aromatic carbocycles. The second kappa shape index (κ2) is 6.68. The van der Waals surface area contributed by atoms with Gasteiger partial charge < -0.3 is 10.5 Å². The Balaban J connectivity index is 2.11. The van der Waals surface area contributed by atoms with Crippen molar-refractivity contribution in [2.24, 2.45) is 5.73 Å². The molecule has 18 heavy (non-hydrogen) atoms. The third kappa shape index (κ3) is 3.26. The van der Waals surface area contributed by atoms with E-state index in [-0.39, 0.29) is 6.04 Å². The van der Waals surface area contributed by atoms with Crippen LogP contribution in [0.15, 0.2) is 10.5 Å². The molecule has 1 aliphatic rings. The topological polar surface area (TPSA) is 38.5 Å². The molecule has 102 valence electrons. The van der Waals surface area contributed by atoms with Crippen LogP contribution in [0.1, 0.15) is 23.8 Å². The van der Waals surface area contributed by atoms with E-state index in [0.29, 0.717) is 12.6 Å². The molecule has 0 amide bonds. The van der Waals surface area contributed by atoms with E-state index >= 15 is 0 Å². The Bertz CT molecular complexity index is 376. The van der Waals surface area contributed by atoms with Crippen LogP contribution in [0.4, 0.5) is 0 Å². The Hall–Kier alpha value is 0.350. The summed E-state index contributed by atoms with van der Waals surface area (Å²) in [5, 5.41) is 0. The maximum atomic E-state index is 6.11. The summed E-state index contributed by atoms with van der Waals surface area (Å²) in [6, 6.07) is 2.87. The van der Waals surface area contributed by atoms with E-state index in [1.807, 2.05) is 0 Å². The third-order valence-electron chi connectivity index (χ3n) is 3.47. The number of nitrogens with zero attached hydrogens (tertiary/aromatic N) is 1. The molecule has 3 nitrogen and oxygen atoms in total. The minimum Gasteiger partial charge on any atom is -0.381 e. The smallest absolute Gasteiger partial charge is 0.107 e. The molecule has 1 fully saturated rings. The molecule has 2 N–H and O–H groups in total. The van der Waals surface area contributed by atoms with Gasteiger partial charge in [-0.3, -0.25) is 4.90 Å². The number of likely N-dealkylation sites (N-methyl/N-ethyl adjacent to an activating group) is 1. The van der Waals surface area contributed by atoms with Gasteiger partial charge in [-0.05, 0) is 41.9 Å². The van der Waals surface area contributed by atoms with Gasteiger partial charge in [0.15, 0.2) is 0 Å². The van der Waals surface area contributed by atoms with E-state index in [9.17, 15) is 0 Å². The standard InChI is InChI=1S/C12H18BrClN2OS/c1-16(8-2-4-17-5-3-8)10(7-15)11-6-9(13)12(14)18-11/h6,8,10H,2-5,7,15H2,1H3. The number of hydrogen-bond donors (Lipinski definition) is 1. The lowest BCUT2D eigenvalue weighted by molar-refractivity contribution is 0.0299. The predicted octanol–water partition coefficient (Wildman–Crippen LogP) is 3.27. The molecular formula is C12H18BrClN2OS. The average Bonchev–Trinajstić information content (AvgIpc) is 2.71. The molecule has 2 heterocycles. The molecule has 1 saturated heterocycles. The molecule has 1 aromatic rings. The van der Waals surface area contributed by atoms with Crippen molar-refractivity contribution in [2.75, 3.05) is 26.8 Å². The Kier molecular flexibility index (Phi) is 5.47. The molecule has 1 aromatic heterocycles. The van der Waals surface area contributed by atoms with Crippen LogP contribution in [0.3, 0.4) is 0 Å². The van der Waals surface area contributed by atoms with Crippen LogP contribution in [-0.4, -0.2) is 37.7 Å². The molecule has 6 heteroatoms.